The Labute approximate surface area is 183 Å². The highest BCUT2D eigenvalue weighted by molar-refractivity contribution is 7.89. The normalized spacial score (nSPS) is 13.2. The number of rotatable bonds is 9. The summed E-state index contributed by atoms with van der Waals surface area (Å²) in [5.74, 6) is 0.156. The maximum absolute atomic E-state index is 12.6. The minimum absolute atomic E-state index is 0.129. The Morgan fingerprint density at radius 2 is 1.32 bits per heavy atom. The summed E-state index contributed by atoms with van der Waals surface area (Å²) in [4.78, 5) is 12.3. The monoisotopic (exact) mass is 438 g/mol. The standard InChI is InChI=1S/C24H26N2O4S/c1-18(20-9-5-3-6-10-20)25-24(27)17-30-22-13-15-23(16-14-22)31(28,29)26-19(2)21-11-7-4-8-12-21/h3-16,18-19,26H,17H2,1-2H3,(H,25,27)/t18-,19+/m1/s1. The van der Waals surface area contributed by atoms with Crippen LogP contribution in [0.1, 0.15) is 37.1 Å². The van der Waals surface area contributed by atoms with Crippen LogP contribution in [0.15, 0.2) is 89.8 Å². The van der Waals surface area contributed by atoms with E-state index in [9.17, 15) is 13.2 Å². The first-order chi connectivity index (χ1) is 14.8. The lowest BCUT2D eigenvalue weighted by molar-refractivity contribution is -0.123. The fourth-order valence-electron chi connectivity index (χ4n) is 3.08. The summed E-state index contributed by atoms with van der Waals surface area (Å²) in [6.07, 6.45) is 0. The third-order valence-electron chi connectivity index (χ3n) is 4.81. The first-order valence-corrected chi connectivity index (χ1v) is 11.5. The molecular formula is C24H26N2O4S. The SMILES string of the molecule is C[C@H](NS(=O)(=O)c1ccc(OCC(=O)N[C@H](C)c2ccccc2)cc1)c1ccccc1. The van der Waals surface area contributed by atoms with E-state index in [-0.39, 0.29) is 29.5 Å². The van der Waals surface area contributed by atoms with Gasteiger partial charge in [-0.05, 0) is 49.2 Å². The molecule has 0 radical (unpaired) electrons. The van der Waals surface area contributed by atoms with E-state index in [1.165, 1.54) is 24.3 Å². The number of ether oxygens (including phenoxy) is 1. The van der Waals surface area contributed by atoms with Gasteiger partial charge in [-0.1, -0.05) is 60.7 Å². The summed E-state index contributed by atoms with van der Waals surface area (Å²) in [6.45, 7) is 3.53. The van der Waals surface area contributed by atoms with Crippen LogP contribution < -0.4 is 14.8 Å². The van der Waals surface area contributed by atoms with E-state index >= 15 is 0 Å². The van der Waals surface area contributed by atoms with Crippen LogP contribution in [-0.2, 0) is 14.8 Å². The molecule has 0 saturated carbocycles. The molecule has 6 nitrogen and oxygen atoms in total. The molecule has 0 heterocycles. The van der Waals surface area contributed by atoms with Gasteiger partial charge in [0, 0.05) is 6.04 Å². The van der Waals surface area contributed by atoms with Crippen molar-refractivity contribution in [3.63, 3.8) is 0 Å². The lowest BCUT2D eigenvalue weighted by Gasteiger charge is -2.15. The Bertz CT molecular complexity index is 1090. The molecule has 0 saturated heterocycles. The summed E-state index contributed by atoms with van der Waals surface area (Å²) in [6, 6.07) is 24.5. The number of amides is 1. The van der Waals surface area contributed by atoms with Crippen molar-refractivity contribution in [1.29, 1.82) is 0 Å². The van der Waals surface area contributed by atoms with Gasteiger partial charge in [0.2, 0.25) is 10.0 Å². The predicted octanol–water partition coefficient (Wildman–Crippen LogP) is 3.98. The van der Waals surface area contributed by atoms with Crippen molar-refractivity contribution in [2.75, 3.05) is 6.61 Å². The van der Waals surface area contributed by atoms with E-state index in [1.54, 1.807) is 6.92 Å². The summed E-state index contributed by atoms with van der Waals surface area (Å²) in [5, 5.41) is 2.87. The molecule has 31 heavy (non-hydrogen) atoms. The number of carbonyl (C=O) groups excluding carboxylic acids is 1. The molecule has 2 N–H and O–H groups in total. The molecule has 0 fully saturated rings. The van der Waals surface area contributed by atoms with Gasteiger partial charge in [-0.3, -0.25) is 4.79 Å². The molecule has 0 aliphatic rings. The third-order valence-corrected chi connectivity index (χ3v) is 6.37. The van der Waals surface area contributed by atoms with Crippen molar-refractivity contribution in [3.8, 4) is 5.75 Å². The van der Waals surface area contributed by atoms with E-state index in [4.69, 9.17) is 4.74 Å². The minimum atomic E-state index is -3.69. The third kappa shape index (κ3) is 6.41. The van der Waals surface area contributed by atoms with Gasteiger partial charge < -0.3 is 10.1 Å². The van der Waals surface area contributed by atoms with Crippen molar-refractivity contribution in [2.24, 2.45) is 0 Å². The Hall–Kier alpha value is -3.16. The van der Waals surface area contributed by atoms with Gasteiger partial charge in [-0.15, -0.1) is 0 Å². The molecule has 3 rings (SSSR count). The largest absolute Gasteiger partial charge is 0.484 e. The minimum Gasteiger partial charge on any atom is -0.484 e. The zero-order chi connectivity index (χ0) is 22.3. The predicted molar refractivity (Wildman–Crippen MR) is 120 cm³/mol. The first-order valence-electron chi connectivity index (χ1n) is 9.99. The number of sulfonamides is 1. The van der Waals surface area contributed by atoms with Crippen molar-refractivity contribution in [3.05, 3.63) is 96.1 Å². The number of carbonyl (C=O) groups is 1. The van der Waals surface area contributed by atoms with Gasteiger partial charge in [0.25, 0.3) is 5.91 Å². The van der Waals surface area contributed by atoms with Crippen LogP contribution in [0.4, 0.5) is 0 Å². The Morgan fingerprint density at radius 1 is 0.806 bits per heavy atom. The van der Waals surface area contributed by atoms with Crippen LogP contribution in [0, 0.1) is 0 Å². The second kappa shape index (κ2) is 10.2. The number of nitrogens with one attached hydrogen (secondary N) is 2. The van der Waals surface area contributed by atoms with Crippen LogP contribution in [0.3, 0.4) is 0 Å². The molecule has 0 aromatic heterocycles. The summed E-state index contributed by atoms with van der Waals surface area (Å²) in [5.41, 5.74) is 1.88. The smallest absolute Gasteiger partial charge is 0.258 e. The zero-order valence-corrected chi connectivity index (χ0v) is 18.3. The van der Waals surface area contributed by atoms with Gasteiger partial charge in [0.1, 0.15) is 5.75 Å². The van der Waals surface area contributed by atoms with E-state index < -0.39 is 10.0 Å². The molecule has 3 aromatic rings. The maximum Gasteiger partial charge on any atom is 0.258 e. The van der Waals surface area contributed by atoms with E-state index in [1.807, 2.05) is 67.6 Å². The highest BCUT2D eigenvalue weighted by atomic mass is 32.2. The molecule has 2 atom stereocenters. The highest BCUT2D eigenvalue weighted by Gasteiger charge is 2.18. The molecular weight excluding hydrogens is 412 g/mol. The molecule has 0 unspecified atom stereocenters. The first kappa shape index (κ1) is 22.5. The zero-order valence-electron chi connectivity index (χ0n) is 17.5. The highest BCUT2D eigenvalue weighted by Crippen LogP contribution is 2.19. The molecule has 0 spiro atoms. The molecule has 1 amide bonds. The van der Waals surface area contributed by atoms with Gasteiger partial charge >= 0.3 is 0 Å². The molecule has 0 aliphatic heterocycles. The van der Waals surface area contributed by atoms with Gasteiger partial charge in [-0.2, -0.15) is 0 Å². The average Bonchev–Trinajstić information content (AvgIpc) is 2.79. The van der Waals surface area contributed by atoms with E-state index in [0.717, 1.165) is 11.1 Å². The molecule has 0 bridgehead atoms. The Morgan fingerprint density at radius 3 is 1.87 bits per heavy atom. The fourth-order valence-corrected chi connectivity index (χ4v) is 4.31. The Kier molecular flexibility index (Phi) is 7.44. The molecule has 0 aliphatic carbocycles. The van der Waals surface area contributed by atoms with Crippen molar-refractivity contribution >= 4 is 15.9 Å². The van der Waals surface area contributed by atoms with Crippen molar-refractivity contribution in [2.45, 2.75) is 30.8 Å². The van der Waals surface area contributed by atoms with Gasteiger partial charge in [-0.25, -0.2) is 13.1 Å². The van der Waals surface area contributed by atoms with Crippen molar-refractivity contribution in [1.82, 2.24) is 10.0 Å². The lowest BCUT2D eigenvalue weighted by Crippen LogP contribution is -2.31. The van der Waals surface area contributed by atoms with E-state index in [2.05, 4.69) is 10.0 Å². The van der Waals surface area contributed by atoms with Crippen LogP contribution in [0.25, 0.3) is 0 Å². The molecule has 162 valence electrons. The van der Waals surface area contributed by atoms with E-state index in [0.29, 0.717) is 5.75 Å². The van der Waals surface area contributed by atoms with Gasteiger partial charge in [0.15, 0.2) is 6.61 Å². The summed E-state index contributed by atoms with van der Waals surface area (Å²) >= 11 is 0. The quantitative estimate of drug-likeness (QED) is 0.529. The second-order valence-electron chi connectivity index (χ2n) is 7.21. The average molecular weight is 439 g/mol. The van der Waals surface area contributed by atoms with Crippen molar-refractivity contribution < 1.29 is 17.9 Å². The molecule has 3 aromatic carbocycles. The summed E-state index contributed by atoms with van der Waals surface area (Å²) in [7, 11) is -3.69. The second-order valence-corrected chi connectivity index (χ2v) is 8.93. The lowest BCUT2D eigenvalue weighted by atomic mass is 10.1. The summed E-state index contributed by atoms with van der Waals surface area (Å²) < 4.78 is 33.4. The Balaban J connectivity index is 1.54. The van der Waals surface area contributed by atoms with Crippen LogP contribution in [0.2, 0.25) is 0 Å². The fraction of sp³-hybridized carbons (Fsp3) is 0.208. The molecule has 7 heteroatoms. The van der Waals surface area contributed by atoms with Crippen LogP contribution in [0.5, 0.6) is 5.75 Å². The number of hydrogen-bond donors (Lipinski definition) is 2. The topological polar surface area (TPSA) is 84.5 Å². The van der Waals surface area contributed by atoms with Gasteiger partial charge in [0.05, 0.1) is 10.9 Å². The number of benzene rings is 3. The number of hydrogen-bond acceptors (Lipinski definition) is 4. The van der Waals surface area contributed by atoms with Crippen LogP contribution >= 0.6 is 0 Å². The van der Waals surface area contributed by atoms with Crippen LogP contribution in [-0.4, -0.2) is 20.9 Å². The maximum atomic E-state index is 12.6.